The quantitative estimate of drug-likeness (QED) is 0.818. The highest BCUT2D eigenvalue weighted by molar-refractivity contribution is 8.00. The number of ether oxygens (including phenoxy) is 1. The fourth-order valence-electron chi connectivity index (χ4n) is 4.08. The first-order chi connectivity index (χ1) is 13.6. The predicted molar refractivity (Wildman–Crippen MR) is 110 cm³/mol. The average Bonchev–Trinajstić information content (AvgIpc) is 3.05. The van der Waals surface area contributed by atoms with Crippen molar-refractivity contribution in [2.24, 2.45) is 0 Å². The maximum atomic E-state index is 12.6. The molecule has 2 aromatic carbocycles. The normalized spacial score (nSPS) is 16.5. The first-order valence-electron chi connectivity index (χ1n) is 9.57. The van der Waals surface area contributed by atoms with E-state index in [1.165, 1.54) is 34.0 Å². The minimum Gasteiger partial charge on any atom is -0.481 e. The molecule has 1 amide bonds. The maximum absolute atomic E-state index is 12.6. The summed E-state index contributed by atoms with van der Waals surface area (Å²) in [7, 11) is 0. The molecular formula is C22H23NO4S. The highest BCUT2D eigenvalue weighted by Crippen LogP contribution is 2.44. The van der Waals surface area contributed by atoms with Gasteiger partial charge in [0, 0.05) is 24.3 Å². The Balaban J connectivity index is 1.35. The van der Waals surface area contributed by atoms with E-state index in [0.29, 0.717) is 24.9 Å². The van der Waals surface area contributed by atoms with Crippen molar-refractivity contribution in [2.45, 2.75) is 24.0 Å². The van der Waals surface area contributed by atoms with Crippen molar-refractivity contribution in [1.82, 2.24) is 4.90 Å². The lowest BCUT2D eigenvalue weighted by molar-refractivity contribution is -0.133. The Morgan fingerprint density at radius 2 is 1.57 bits per heavy atom. The molecule has 1 aliphatic heterocycles. The Morgan fingerprint density at radius 1 is 1.00 bits per heavy atom. The van der Waals surface area contributed by atoms with Crippen LogP contribution in [0.5, 0.6) is 0 Å². The Labute approximate surface area is 168 Å². The van der Waals surface area contributed by atoms with Crippen LogP contribution in [-0.2, 0) is 9.53 Å². The molecule has 4 rings (SSSR count). The van der Waals surface area contributed by atoms with Gasteiger partial charge in [-0.2, -0.15) is 0 Å². The topological polar surface area (TPSA) is 66.8 Å². The minimum absolute atomic E-state index is 0.0695. The smallest absolute Gasteiger partial charge is 0.409 e. The monoisotopic (exact) mass is 397 g/mol. The van der Waals surface area contributed by atoms with Gasteiger partial charge in [-0.1, -0.05) is 48.5 Å². The number of carboxylic acids is 1. The lowest BCUT2D eigenvalue weighted by Gasteiger charge is -2.31. The zero-order chi connectivity index (χ0) is 19.5. The molecule has 1 saturated heterocycles. The maximum Gasteiger partial charge on any atom is 0.409 e. The summed E-state index contributed by atoms with van der Waals surface area (Å²) in [6, 6.07) is 16.6. The fraction of sp³-hybridized carbons (Fsp3) is 0.364. The lowest BCUT2D eigenvalue weighted by Crippen LogP contribution is -2.40. The third kappa shape index (κ3) is 3.87. The van der Waals surface area contributed by atoms with Gasteiger partial charge in [0.2, 0.25) is 0 Å². The molecule has 1 heterocycles. The van der Waals surface area contributed by atoms with Gasteiger partial charge in [-0.25, -0.2) is 4.79 Å². The van der Waals surface area contributed by atoms with Gasteiger partial charge in [0.25, 0.3) is 0 Å². The summed E-state index contributed by atoms with van der Waals surface area (Å²) in [5.41, 5.74) is 4.85. The number of carboxylic acid groups (broad SMARTS) is 1. The Morgan fingerprint density at radius 3 is 2.14 bits per heavy atom. The summed E-state index contributed by atoms with van der Waals surface area (Å²) in [5, 5.41) is 9.09. The fourth-order valence-corrected chi connectivity index (χ4v) is 5.00. The molecule has 0 unspecified atom stereocenters. The molecular weight excluding hydrogens is 374 g/mol. The largest absolute Gasteiger partial charge is 0.481 e. The van der Waals surface area contributed by atoms with E-state index in [4.69, 9.17) is 9.84 Å². The highest BCUT2D eigenvalue weighted by atomic mass is 32.2. The van der Waals surface area contributed by atoms with Crippen LogP contribution in [0, 0.1) is 0 Å². The van der Waals surface area contributed by atoms with Crippen LogP contribution in [0.1, 0.15) is 29.9 Å². The molecule has 1 fully saturated rings. The SMILES string of the molecule is O=C(O)CSC1CCN(C(=O)OCC2c3ccccc3-c3ccccc32)CC1. The molecule has 1 N–H and O–H groups in total. The van der Waals surface area contributed by atoms with Crippen molar-refractivity contribution in [3.05, 3.63) is 59.7 Å². The van der Waals surface area contributed by atoms with Crippen LogP contribution in [-0.4, -0.2) is 52.8 Å². The predicted octanol–water partition coefficient (Wildman–Crippen LogP) is 4.22. The number of benzene rings is 2. The van der Waals surface area contributed by atoms with Gasteiger partial charge in [0.1, 0.15) is 6.61 Å². The molecule has 6 heteroatoms. The van der Waals surface area contributed by atoms with Crippen molar-refractivity contribution >= 4 is 23.8 Å². The number of aliphatic carboxylic acids is 1. The summed E-state index contributed by atoms with van der Waals surface area (Å²) in [6.45, 7) is 1.57. The van der Waals surface area contributed by atoms with Crippen LogP contribution >= 0.6 is 11.8 Å². The van der Waals surface area contributed by atoms with Gasteiger partial charge < -0.3 is 14.7 Å². The molecule has 0 saturated carbocycles. The zero-order valence-electron chi connectivity index (χ0n) is 15.5. The number of hydrogen-bond acceptors (Lipinski definition) is 4. The highest BCUT2D eigenvalue weighted by Gasteiger charge is 2.30. The third-order valence-corrected chi connectivity index (χ3v) is 6.84. The number of hydrogen-bond donors (Lipinski definition) is 1. The molecule has 28 heavy (non-hydrogen) atoms. The lowest BCUT2D eigenvalue weighted by atomic mass is 9.98. The van der Waals surface area contributed by atoms with Gasteiger partial charge in [-0.3, -0.25) is 4.79 Å². The first-order valence-corrected chi connectivity index (χ1v) is 10.6. The van der Waals surface area contributed by atoms with Crippen LogP contribution < -0.4 is 0 Å². The molecule has 2 aromatic rings. The standard InChI is InChI=1S/C22H23NO4S/c24-21(25)14-28-15-9-11-23(12-10-15)22(26)27-13-20-18-7-3-1-5-16(18)17-6-2-4-8-19(17)20/h1-8,15,20H,9-14H2,(H,24,25). The van der Waals surface area contributed by atoms with Crippen LogP contribution in [0.3, 0.4) is 0 Å². The number of thioether (sulfide) groups is 1. The van der Waals surface area contributed by atoms with Crippen molar-refractivity contribution < 1.29 is 19.4 Å². The van der Waals surface area contributed by atoms with E-state index in [2.05, 4.69) is 24.3 Å². The van der Waals surface area contributed by atoms with E-state index in [-0.39, 0.29) is 17.8 Å². The summed E-state index contributed by atoms with van der Waals surface area (Å²) >= 11 is 1.46. The molecule has 5 nitrogen and oxygen atoms in total. The third-order valence-electron chi connectivity index (χ3n) is 5.48. The van der Waals surface area contributed by atoms with Crippen molar-refractivity contribution in [2.75, 3.05) is 25.4 Å². The molecule has 0 atom stereocenters. The summed E-state index contributed by atoms with van der Waals surface area (Å²) in [5.74, 6) is -0.598. The molecule has 2 aliphatic rings. The van der Waals surface area contributed by atoms with E-state index in [1.807, 2.05) is 24.3 Å². The van der Waals surface area contributed by atoms with Crippen LogP contribution in [0.2, 0.25) is 0 Å². The second-order valence-electron chi connectivity index (χ2n) is 7.20. The van der Waals surface area contributed by atoms with Crippen LogP contribution in [0.15, 0.2) is 48.5 Å². The summed E-state index contributed by atoms with van der Waals surface area (Å²) in [4.78, 5) is 25.0. The number of carbonyl (C=O) groups is 2. The number of nitrogens with zero attached hydrogens (tertiary/aromatic N) is 1. The number of likely N-dealkylation sites (tertiary alicyclic amines) is 1. The van der Waals surface area contributed by atoms with Crippen LogP contribution in [0.4, 0.5) is 4.79 Å². The van der Waals surface area contributed by atoms with Crippen molar-refractivity contribution in [3.8, 4) is 11.1 Å². The van der Waals surface area contributed by atoms with E-state index in [1.54, 1.807) is 4.90 Å². The van der Waals surface area contributed by atoms with Gasteiger partial charge in [-0.15, -0.1) is 11.8 Å². The molecule has 0 radical (unpaired) electrons. The van der Waals surface area contributed by atoms with Crippen molar-refractivity contribution in [1.29, 1.82) is 0 Å². The van der Waals surface area contributed by atoms with E-state index in [0.717, 1.165) is 12.8 Å². The average molecular weight is 397 g/mol. The molecule has 1 aliphatic carbocycles. The second-order valence-corrected chi connectivity index (χ2v) is 8.48. The van der Waals surface area contributed by atoms with Gasteiger partial charge in [0.15, 0.2) is 0 Å². The van der Waals surface area contributed by atoms with Crippen LogP contribution in [0.25, 0.3) is 11.1 Å². The van der Waals surface area contributed by atoms with E-state index < -0.39 is 5.97 Å². The molecule has 0 aromatic heterocycles. The van der Waals surface area contributed by atoms with E-state index >= 15 is 0 Å². The summed E-state index contributed by atoms with van der Waals surface area (Å²) < 4.78 is 5.70. The number of fused-ring (bicyclic) bond motifs is 3. The minimum atomic E-state index is -0.788. The number of carbonyl (C=O) groups excluding carboxylic acids is 1. The van der Waals surface area contributed by atoms with Gasteiger partial charge in [0.05, 0.1) is 5.75 Å². The number of amides is 1. The number of rotatable bonds is 5. The first kappa shape index (κ1) is 18.9. The van der Waals surface area contributed by atoms with Gasteiger partial charge in [-0.05, 0) is 35.1 Å². The van der Waals surface area contributed by atoms with E-state index in [9.17, 15) is 9.59 Å². The van der Waals surface area contributed by atoms with Gasteiger partial charge >= 0.3 is 12.1 Å². The van der Waals surface area contributed by atoms with Crippen molar-refractivity contribution in [3.63, 3.8) is 0 Å². The Bertz CT molecular complexity index is 831. The molecule has 0 spiro atoms. The number of piperidine rings is 1. The molecule has 0 bridgehead atoms. The summed E-state index contributed by atoms with van der Waals surface area (Å²) in [6.07, 6.45) is 1.34. The Hall–Kier alpha value is -2.47. The second kappa shape index (κ2) is 8.27. The molecule has 146 valence electrons. The zero-order valence-corrected chi connectivity index (χ0v) is 16.4. The Kier molecular flexibility index (Phi) is 5.57.